The highest BCUT2D eigenvalue weighted by Gasteiger charge is 2.31. The molecule has 22 heavy (non-hydrogen) atoms. The Morgan fingerprint density at radius 2 is 2.00 bits per heavy atom. The van der Waals surface area contributed by atoms with Crippen LogP contribution in [0.4, 0.5) is 4.79 Å². The molecule has 1 aliphatic heterocycles. The van der Waals surface area contributed by atoms with E-state index in [4.69, 9.17) is 16.3 Å². The van der Waals surface area contributed by atoms with E-state index in [1.54, 1.807) is 0 Å². The molecule has 0 aliphatic carbocycles. The first-order chi connectivity index (χ1) is 10.2. The summed E-state index contributed by atoms with van der Waals surface area (Å²) >= 11 is 5.91. The standard InChI is InChI=1S/C17H25ClN2O2/c1-12-10-19-15(9-13-5-7-14(18)8-6-13)11-20(12)16(21)22-17(2,3)4/h5-8,12,15,19H,9-11H2,1-4H3/t12-,15?/m0/s1. The molecule has 0 radical (unpaired) electrons. The molecule has 122 valence electrons. The summed E-state index contributed by atoms with van der Waals surface area (Å²) in [5, 5.41) is 4.24. The van der Waals surface area contributed by atoms with Crippen LogP contribution in [0.2, 0.25) is 5.02 Å². The average molecular weight is 325 g/mol. The van der Waals surface area contributed by atoms with Crippen molar-refractivity contribution in [2.75, 3.05) is 13.1 Å². The molecular weight excluding hydrogens is 300 g/mol. The van der Waals surface area contributed by atoms with Crippen molar-refractivity contribution in [2.24, 2.45) is 0 Å². The zero-order valence-corrected chi connectivity index (χ0v) is 14.5. The molecule has 0 aromatic heterocycles. The van der Waals surface area contributed by atoms with Gasteiger partial charge in [-0.05, 0) is 51.8 Å². The number of piperazine rings is 1. The van der Waals surface area contributed by atoms with E-state index in [0.717, 1.165) is 18.0 Å². The van der Waals surface area contributed by atoms with Crippen LogP contribution in [0, 0.1) is 0 Å². The van der Waals surface area contributed by atoms with E-state index >= 15 is 0 Å². The van der Waals surface area contributed by atoms with Crippen molar-refractivity contribution in [1.82, 2.24) is 10.2 Å². The van der Waals surface area contributed by atoms with Crippen molar-refractivity contribution in [1.29, 1.82) is 0 Å². The Kier molecular flexibility index (Phi) is 5.35. The van der Waals surface area contributed by atoms with Crippen LogP contribution in [0.3, 0.4) is 0 Å². The van der Waals surface area contributed by atoms with Gasteiger partial charge in [-0.25, -0.2) is 4.79 Å². The van der Waals surface area contributed by atoms with Gasteiger partial charge in [-0.15, -0.1) is 0 Å². The van der Waals surface area contributed by atoms with Crippen molar-refractivity contribution in [3.05, 3.63) is 34.9 Å². The highest BCUT2D eigenvalue weighted by Crippen LogP contribution is 2.17. The number of benzene rings is 1. The summed E-state index contributed by atoms with van der Waals surface area (Å²) in [6, 6.07) is 8.21. The van der Waals surface area contributed by atoms with Gasteiger partial charge < -0.3 is 15.0 Å². The third-order valence-corrected chi connectivity index (χ3v) is 3.93. The van der Waals surface area contributed by atoms with Gasteiger partial charge in [-0.3, -0.25) is 0 Å². The lowest BCUT2D eigenvalue weighted by molar-refractivity contribution is 0.00967. The summed E-state index contributed by atoms with van der Waals surface area (Å²) in [4.78, 5) is 14.1. The highest BCUT2D eigenvalue weighted by molar-refractivity contribution is 6.30. The summed E-state index contributed by atoms with van der Waals surface area (Å²) < 4.78 is 5.50. The van der Waals surface area contributed by atoms with Crippen molar-refractivity contribution in [2.45, 2.75) is 51.8 Å². The lowest BCUT2D eigenvalue weighted by atomic mass is 10.0. The van der Waals surface area contributed by atoms with E-state index in [1.165, 1.54) is 5.56 Å². The first-order valence-electron chi connectivity index (χ1n) is 7.72. The first-order valence-corrected chi connectivity index (χ1v) is 8.10. The molecule has 5 heteroatoms. The van der Waals surface area contributed by atoms with Crippen LogP contribution in [0.5, 0.6) is 0 Å². The summed E-state index contributed by atoms with van der Waals surface area (Å²) in [6.07, 6.45) is 0.631. The second kappa shape index (κ2) is 6.88. The molecule has 2 rings (SSSR count). The predicted molar refractivity (Wildman–Crippen MR) is 89.3 cm³/mol. The van der Waals surface area contributed by atoms with Gasteiger partial charge in [0.2, 0.25) is 0 Å². The molecule has 1 aromatic rings. The van der Waals surface area contributed by atoms with E-state index in [2.05, 4.69) is 5.32 Å². The molecule has 0 saturated carbocycles. The zero-order valence-electron chi connectivity index (χ0n) is 13.7. The van der Waals surface area contributed by atoms with Gasteiger partial charge in [-0.2, -0.15) is 0 Å². The summed E-state index contributed by atoms with van der Waals surface area (Å²) in [6.45, 7) is 9.14. The smallest absolute Gasteiger partial charge is 0.410 e. The fourth-order valence-electron chi connectivity index (χ4n) is 2.55. The maximum atomic E-state index is 12.3. The third kappa shape index (κ3) is 4.89. The van der Waals surface area contributed by atoms with Crippen LogP contribution in [-0.4, -0.2) is 41.8 Å². The monoisotopic (exact) mass is 324 g/mol. The average Bonchev–Trinajstić information content (AvgIpc) is 2.41. The minimum atomic E-state index is -0.465. The normalized spacial score (nSPS) is 22.5. The van der Waals surface area contributed by atoms with Crippen molar-refractivity contribution in [3.63, 3.8) is 0 Å². The molecule has 1 saturated heterocycles. The largest absolute Gasteiger partial charge is 0.444 e. The van der Waals surface area contributed by atoms with Gasteiger partial charge in [-0.1, -0.05) is 23.7 Å². The third-order valence-electron chi connectivity index (χ3n) is 3.67. The fraction of sp³-hybridized carbons (Fsp3) is 0.588. The zero-order chi connectivity index (χ0) is 16.3. The van der Waals surface area contributed by atoms with Crippen LogP contribution in [0.25, 0.3) is 0 Å². The second-order valence-electron chi connectivity index (χ2n) is 6.92. The molecule has 1 aliphatic rings. The maximum Gasteiger partial charge on any atom is 0.410 e. The number of amides is 1. The molecule has 1 aromatic carbocycles. The Morgan fingerprint density at radius 1 is 1.36 bits per heavy atom. The van der Waals surface area contributed by atoms with E-state index in [9.17, 15) is 4.79 Å². The topological polar surface area (TPSA) is 41.6 Å². The molecule has 0 spiro atoms. The van der Waals surface area contributed by atoms with E-state index in [-0.39, 0.29) is 18.2 Å². The number of hydrogen-bond acceptors (Lipinski definition) is 3. The number of nitrogens with zero attached hydrogens (tertiary/aromatic N) is 1. The van der Waals surface area contributed by atoms with E-state index < -0.39 is 5.60 Å². The van der Waals surface area contributed by atoms with Crippen LogP contribution in [-0.2, 0) is 11.2 Å². The van der Waals surface area contributed by atoms with Gasteiger partial charge in [0.1, 0.15) is 5.60 Å². The number of carbonyl (C=O) groups excluding carboxylic acids is 1. The maximum absolute atomic E-state index is 12.3. The first kappa shape index (κ1) is 17.1. The lowest BCUT2D eigenvalue weighted by Gasteiger charge is -2.39. The molecule has 2 atom stereocenters. The Balaban J connectivity index is 1.98. The molecule has 1 fully saturated rings. The lowest BCUT2D eigenvalue weighted by Crippen LogP contribution is -2.58. The Labute approximate surface area is 137 Å². The summed E-state index contributed by atoms with van der Waals surface area (Å²) in [7, 11) is 0. The Bertz CT molecular complexity index is 510. The minimum Gasteiger partial charge on any atom is -0.444 e. The van der Waals surface area contributed by atoms with Gasteiger partial charge >= 0.3 is 6.09 Å². The number of rotatable bonds is 2. The highest BCUT2D eigenvalue weighted by atomic mass is 35.5. The summed E-state index contributed by atoms with van der Waals surface area (Å²) in [5.41, 5.74) is 0.744. The Morgan fingerprint density at radius 3 is 2.59 bits per heavy atom. The van der Waals surface area contributed by atoms with Crippen LogP contribution < -0.4 is 5.32 Å². The molecule has 4 nitrogen and oxygen atoms in total. The number of ether oxygens (including phenoxy) is 1. The van der Waals surface area contributed by atoms with Gasteiger partial charge in [0.25, 0.3) is 0 Å². The van der Waals surface area contributed by atoms with Gasteiger partial charge in [0.15, 0.2) is 0 Å². The molecular formula is C17H25ClN2O2. The number of nitrogens with one attached hydrogen (secondary N) is 1. The van der Waals surface area contributed by atoms with Crippen LogP contribution >= 0.6 is 11.6 Å². The molecule has 1 N–H and O–H groups in total. The van der Waals surface area contributed by atoms with Gasteiger partial charge in [0, 0.05) is 30.2 Å². The summed E-state index contributed by atoms with van der Waals surface area (Å²) in [5.74, 6) is 0. The second-order valence-corrected chi connectivity index (χ2v) is 7.35. The number of halogens is 1. The van der Waals surface area contributed by atoms with Crippen LogP contribution in [0.15, 0.2) is 24.3 Å². The van der Waals surface area contributed by atoms with Crippen molar-refractivity contribution in [3.8, 4) is 0 Å². The predicted octanol–water partition coefficient (Wildman–Crippen LogP) is 3.48. The van der Waals surface area contributed by atoms with Gasteiger partial charge in [0.05, 0.1) is 0 Å². The number of carbonyl (C=O) groups is 1. The van der Waals surface area contributed by atoms with E-state index in [1.807, 2.05) is 56.9 Å². The van der Waals surface area contributed by atoms with Crippen molar-refractivity contribution >= 4 is 17.7 Å². The molecule has 0 bridgehead atoms. The van der Waals surface area contributed by atoms with Crippen LogP contribution in [0.1, 0.15) is 33.3 Å². The van der Waals surface area contributed by atoms with Crippen molar-refractivity contribution < 1.29 is 9.53 Å². The molecule has 1 unspecified atom stereocenters. The molecule has 1 heterocycles. The fourth-order valence-corrected chi connectivity index (χ4v) is 2.67. The molecule has 1 amide bonds. The number of hydrogen-bond donors (Lipinski definition) is 1. The Hall–Kier alpha value is -1.26. The minimum absolute atomic E-state index is 0.135. The van der Waals surface area contributed by atoms with E-state index in [0.29, 0.717) is 6.54 Å². The quantitative estimate of drug-likeness (QED) is 0.905. The SMILES string of the molecule is C[C@H]1CNC(Cc2ccc(Cl)cc2)CN1C(=O)OC(C)(C)C.